The summed E-state index contributed by atoms with van der Waals surface area (Å²) >= 11 is 11.9. The lowest BCUT2D eigenvalue weighted by atomic mass is 10.2. The SMILES string of the molecule is N#Cc1ccc(-n2c(CCl)nc3cc(Cl)ccc32)c(F)c1. The van der Waals surface area contributed by atoms with Gasteiger partial charge in [0.05, 0.1) is 34.2 Å². The van der Waals surface area contributed by atoms with Gasteiger partial charge in [-0.15, -0.1) is 11.6 Å². The van der Waals surface area contributed by atoms with Crippen LogP contribution in [0.5, 0.6) is 0 Å². The molecule has 0 amide bonds. The van der Waals surface area contributed by atoms with Gasteiger partial charge in [0.15, 0.2) is 0 Å². The van der Waals surface area contributed by atoms with Crippen LogP contribution in [0.15, 0.2) is 36.4 Å². The minimum atomic E-state index is -0.505. The summed E-state index contributed by atoms with van der Waals surface area (Å²) in [6.07, 6.45) is 0. The lowest BCUT2D eigenvalue weighted by Crippen LogP contribution is -2.02. The van der Waals surface area contributed by atoms with Gasteiger partial charge in [0.2, 0.25) is 0 Å². The Hall–Kier alpha value is -2.09. The second-order valence-corrected chi connectivity index (χ2v) is 5.11. The molecule has 1 aromatic heterocycles. The van der Waals surface area contributed by atoms with Crippen LogP contribution < -0.4 is 0 Å². The van der Waals surface area contributed by atoms with Crippen LogP contribution in [0, 0.1) is 17.1 Å². The van der Waals surface area contributed by atoms with E-state index >= 15 is 0 Å². The van der Waals surface area contributed by atoms with Crippen molar-refractivity contribution in [3.63, 3.8) is 0 Å². The third-order valence-corrected chi connectivity index (χ3v) is 3.60. The van der Waals surface area contributed by atoms with Gasteiger partial charge in [-0.2, -0.15) is 5.26 Å². The van der Waals surface area contributed by atoms with Crippen LogP contribution in [-0.4, -0.2) is 9.55 Å². The van der Waals surface area contributed by atoms with Gasteiger partial charge >= 0.3 is 0 Å². The molecule has 0 aliphatic rings. The van der Waals surface area contributed by atoms with E-state index in [4.69, 9.17) is 28.5 Å². The number of alkyl halides is 1. The van der Waals surface area contributed by atoms with Gasteiger partial charge in [0, 0.05) is 5.02 Å². The fourth-order valence-corrected chi connectivity index (χ4v) is 2.57. The summed E-state index contributed by atoms with van der Waals surface area (Å²) in [5, 5.41) is 9.36. The Kier molecular flexibility index (Phi) is 3.54. The van der Waals surface area contributed by atoms with Gasteiger partial charge in [0.1, 0.15) is 11.6 Å². The normalized spacial score (nSPS) is 10.8. The molecule has 0 bridgehead atoms. The van der Waals surface area contributed by atoms with Crippen LogP contribution in [0.4, 0.5) is 4.39 Å². The monoisotopic (exact) mass is 319 g/mol. The van der Waals surface area contributed by atoms with E-state index in [-0.39, 0.29) is 11.4 Å². The number of halogens is 3. The van der Waals surface area contributed by atoms with Gasteiger partial charge in [-0.3, -0.25) is 4.57 Å². The first-order valence-electron chi connectivity index (χ1n) is 6.07. The van der Waals surface area contributed by atoms with E-state index < -0.39 is 5.82 Å². The van der Waals surface area contributed by atoms with Gasteiger partial charge in [-0.05, 0) is 36.4 Å². The molecule has 6 heteroatoms. The lowest BCUT2D eigenvalue weighted by Gasteiger charge is -2.09. The van der Waals surface area contributed by atoms with Gasteiger partial charge in [0.25, 0.3) is 0 Å². The Morgan fingerprint density at radius 1 is 1.24 bits per heavy atom. The second-order valence-electron chi connectivity index (χ2n) is 4.41. The van der Waals surface area contributed by atoms with Crippen molar-refractivity contribution in [2.75, 3.05) is 0 Å². The molecule has 0 fully saturated rings. The molecule has 0 unspecified atom stereocenters. The number of nitrogens with zero attached hydrogens (tertiary/aromatic N) is 3. The molecule has 3 nitrogen and oxygen atoms in total. The molecule has 3 aromatic rings. The highest BCUT2D eigenvalue weighted by molar-refractivity contribution is 6.31. The zero-order valence-corrected chi connectivity index (χ0v) is 12.2. The summed E-state index contributed by atoms with van der Waals surface area (Å²) in [6, 6.07) is 11.4. The van der Waals surface area contributed by atoms with Crippen LogP contribution in [0.1, 0.15) is 11.4 Å². The maximum Gasteiger partial charge on any atom is 0.148 e. The van der Waals surface area contributed by atoms with Crippen molar-refractivity contribution in [3.05, 3.63) is 58.6 Å². The number of aromatic nitrogens is 2. The first-order valence-corrected chi connectivity index (χ1v) is 6.98. The van der Waals surface area contributed by atoms with Crippen LogP contribution >= 0.6 is 23.2 Å². The van der Waals surface area contributed by atoms with E-state index in [9.17, 15) is 4.39 Å². The van der Waals surface area contributed by atoms with Gasteiger partial charge in [-0.25, -0.2) is 9.37 Å². The van der Waals surface area contributed by atoms with Crippen molar-refractivity contribution in [1.29, 1.82) is 5.26 Å². The van der Waals surface area contributed by atoms with Crippen molar-refractivity contribution < 1.29 is 4.39 Å². The molecule has 0 aliphatic heterocycles. The van der Waals surface area contributed by atoms with E-state index in [1.807, 2.05) is 6.07 Å². The van der Waals surface area contributed by atoms with E-state index in [0.29, 0.717) is 27.6 Å². The predicted molar refractivity (Wildman–Crippen MR) is 80.3 cm³/mol. The van der Waals surface area contributed by atoms with Crippen LogP contribution in [-0.2, 0) is 5.88 Å². The van der Waals surface area contributed by atoms with Crippen molar-refractivity contribution >= 4 is 34.2 Å². The minimum absolute atomic E-state index is 0.131. The molecule has 3 rings (SSSR count). The molecule has 0 radical (unpaired) electrons. The Labute approximate surface area is 130 Å². The standard InChI is InChI=1S/C15H8Cl2FN3/c16-7-15-20-12-6-10(17)2-4-14(12)21(15)13-3-1-9(8-19)5-11(13)18/h1-6H,7H2. The summed E-state index contributed by atoms with van der Waals surface area (Å²) in [4.78, 5) is 4.37. The van der Waals surface area contributed by atoms with Crippen LogP contribution in [0.25, 0.3) is 16.7 Å². The van der Waals surface area contributed by atoms with Gasteiger partial charge < -0.3 is 0 Å². The molecule has 0 atom stereocenters. The van der Waals surface area contributed by atoms with Crippen LogP contribution in [0.2, 0.25) is 5.02 Å². The lowest BCUT2D eigenvalue weighted by molar-refractivity contribution is 0.617. The largest absolute Gasteiger partial charge is 0.292 e. The molecule has 1 heterocycles. The number of fused-ring (bicyclic) bond motifs is 1. The number of benzene rings is 2. The molecule has 0 saturated heterocycles. The number of imidazole rings is 1. The summed E-state index contributed by atoms with van der Waals surface area (Å²) in [6.45, 7) is 0. The molecule has 0 N–H and O–H groups in total. The fraction of sp³-hybridized carbons (Fsp3) is 0.0667. The van der Waals surface area contributed by atoms with E-state index in [1.54, 1.807) is 34.9 Å². The smallest absolute Gasteiger partial charge is 0.148 e. The minimum Gasteiger partial charge on any atom is -0.292 e. The van der Waals surface area contributed by atoms with E-state index in [1.165, 1.54) is 6.07 Å². The molecular weight excluding hydrogens is 312 g/mol. The first kappa shape index (κ1) is 13.9. The second kappa shape index (κ2) is 5.36. The Balaban J connectivity index is 2.31. The number of rotatable bonds is 2. The van der Waals surface area contributed by atoms with Crippen molar-refractivity contribution in [3.8, 4) is 11.8 Å². The summed E-state index contributed by atoms with van der Waals surface area (Å²) < 4.78 is 15.9. The topological polar surface area (TPSA) is 41.6 Å². The Morgan fingerprint density at radius 2 is 2.05 bits per heavy atom. The average molecular weight is 320 g/mol. The summed E-state index contributed by atoms with van der Waals surface area (Å²) in [5.74, 6) is 0.137. The fourth-order valence-electron chi connectivity index (χ4n) is 2.22. The van der Waals surface area contributed by atoms with Gasteiger partial charge in [-0.1, -0.05) is 11.6 Å². The Bertz CT molecular complexity index is 880. The third kappa shape index (κ3) is 2.35. The molecule has 0 saturated carbocycles. The average Bonchev–Trinajstić information content (AvgIpc) is 2.84. The molecule has 2 aromatic carbocycles. The summed E-state index contributed by atoms with van der Waals surface area (Å²) in [7, 11) is 0. The Morgan fingerprint density at radius 3 is 2.71 bits per heavy atom. The van der Waals surface area contributed by atoms with Crippen molar-refractivity contribution in [1.82, 2.24) is 9.55 Å². The predicted octanol–water partition coefficient (Wildman–Crippen LogP) is 4.43. The van der Waals surface area contributed by atoms with E-state index in [0.717, 1.165) is 0 Å². The molecule has 21 heavy (non-hydrogen) atoms. The van der Waals surface area contributed by atoms with Crippen molar-refractivity contribution in [2.45, 2.75) is 5.88 Å². The van der Waals surface area contributed by atoms with Crippen molar-refractivity contribution in [2.24, 2.45) is 0 Å². The summed E-state index contributed by atoms with van der Waals surface area (Å²) in [5.41, 5.74) is 1.91. The quantitative estimate of drug-likeness (QED) is 0.656. The highest BCUT2D eigenvalue weighted by atomic mass is 35.5. The highest BCUT2D eigenvalue weighted by Gasteiger charge is 2.15. The first-order chi connectivity index (χ1) is 10.1. The zero-order chi connectivity index (χ0) is 15.0. The van der Waals surface area contributed by atoms with Crippen LogP contribution in [0.3, 0.4) is 0 Å². The number of nitriles is 1. The molecule has 0 aliphatic carbocycles. The number of hydrogen-bond donors (Lipinski definition) is 0. The molecule has 0 spiro atoms. The maximum atomic E-state index is 14.3. The van der Waals surface area contributed by atoms with E-state index in [2.05, 4.69) is 4.98 Å². The maximum absolute atomic E-state index is 14.3. The third-order valence-electron chi connectivity index (χ3n) is 3.12. The molecular formula is C15H8Cl2FN3. The highest BCUT2D eigenvalue weighted by Crippen LogP contribution is 2.26. The zero-order valence-electron chi connectivity index (χ0n) is 10.6. The number of hydrogen-bond acceptors (Lipinski definition) is 2. The molecule has 104 valence electrons.